The van der Waals surface area contributed by atoms with Crippen LogP contribution in [0.4, 0.5) is 0 Å². The number of hydrogen-bond acceptors (Lipinski definition) is 2. The smallest absolute Gasteiger partial charge is 0.125 e. The topological polar surface area (TPSA) is 37.3 Å². The Morgan fingerprint density at radius 2 is 2.20 bits per heavy atom. The predicted molar refractivity (Wildman–Crippen MR) is 40.8 cm³/mol. The first-order valence-corrected chi connectivity index (χ1v) is 3.75. The fraction of sp³-hybridized carbons (Fsp3) is 0.875. The lowest BCUT2D eigenvalue weighted by Gasteiger charge is -2.19. The van der Waals surface area contributed by atoms with Crippen molar-refractivity contribution in [3.63, 3.8) is 0 Å². The van der Waals surface area contributed by atoms with Crippen LogP contribution in [0.15, 0.2) is 0 Å². The SMILES string of the molecule is CCC(C)(C=O)CCCO. The fourth-order valence-corrected chi connectivity index (χ4v) is 0.802. The quantitative estimate of drug-likeness (QED) is 0.592. The van der Waals surface area contributed by atoms with E-state index in [0.717, 1.165) is 25.5 Å². The Hall–Kier alpha value is -0.370. The first-order valence-electron chi connectivity index (χ1n) is 3.75. The van der Waals surface area contributed by atoms with Crippen LogP contribution < -0.4 is 0 Å². The maximum Gasteiger partial charge on any atom is 0.125 e. The Bertz CT molecular complexity index is 101. The number of carbonyl (C=O) groups excluding carboxylic acids is 1. The summed E-state index contributed by atoms with van der Waals surface area (Å²) in [5.74, 6) is 0. The Kier molecular flexibility index (Phi) is 4.28. The van der Waals surface area contributed by atoms with Gasteiger partial charge >= 0.3 is 0 Å². The number of rotatable bonds is 5. The number of aldehydes is 1. The lowest BCUT2D eigenvalue weighted by atomic mass is 9.85. The average molecular weight is 144 g/mol. The largest absolute Gasteiger partial charge is 0.396 e. The molecule has 0 aromatic rings. The second-order valence-electron chi connectivity index (χ2n) is 2.95. The Morgan fingerprint density at radius 3 is 2.50 bits per heavy atom. The summed E-state index contributed by atoms with van der Waals surface area (Å²) >= 11 is 0. The van der Waals surface area contributed by atoms with E-state index in [9.17, 15) is 4.79 Å². The third-order valence-corrected chi connectivity index (χ3v) is 2.00. The summed E-state index contributed by atoms with van der Waals surface area (Å²) in [5.41, 5.74) is -0.206. The second kappa shape index (κ2) is 4.45. The van der Waals surface area contributed by atoms with Crippen molar-refractivity contribution in [2.45, 2.75) is 33.1 Å². The van der Waals surface area contributed by atoms with Crippen molar-refractivity contribution in [2.24, 2.45) is 5.41 Å². The summed E-state index contributed by atoms with van der Waals surface area (Å²) in [5, 5.41) is 8.50. The molecule has 0 radical (unpaired) electrons. The van der Waals surface area contributed by atoms with Gasteiger partial charge in [-0.3, -0.25) is 0 Å². The predicted octanol–water partition coefficient (Wildman–Crippen LogP) is 1.37. The van der Waals surface area contributed by atoms with Crippen LogP contribution in [0, 0.1) is 5.41 Å². The van der Waals surface area contributed by atoms with Crippen LogP contribution in [-0.2, 0) is 4.79 Å². The first-order chi connectivity index (χ1) is 4.68. The minimum Gasteiger partial charge on any atom is -0.396 e. The van der Waals surface area contributed by atoms with Gasteiger partial charge in [0.25, 0.3) is 0 Å². The minimum absolute atomic E-state index is 0.184. The lowest BCUT2D eigenvalue weighted by Crippen LogP contribution is -2.17. The van der Waals surface area contributed by atoms with Gasteiger partial charge in [0.2, 0.25) is 0 Å². The molecule has 1 N–H and O–H groups in total. The molecule has 0 aromatic heterocycles. The van der Waals surface area contributed by atoms with Gasteiger partial charge in [0.05, 0.1) is 0 Å². The van der Waals surface area contributed by atoms with E-state index >= 15 is 0 Å². The fourth-order valence-electron chi connectivity index (χ4n) is 0.802. The van der Waals surface area contributed by atoms with Crippen LogP contribution >= 0.6 is 0 Å². The van der Waals surface area contributed by atoms with Gasteiger partial charge in [-0.1, -0.05) is 13.8 Å². The minimum atomic E-state index is -0.206. The molecule has 0 saturated heterocycles. The maximum absolute atomic E-state index is 10.5. The normalized spacial score (nSPS) is 16.3. The van der Waals surface area contributed by atoms with Gasteiger partial charge in [0.15, 0.2) is 0 Å². The molecule has 0 aliphatic heterocycles. The molecule has 0 saturated carbocycles. The highest BCUT2D eigenvalue weighted by molar-refractivity contribution is 5.58. The first kappa shape index (κ1) is 9.63. The van der Waals surface area contributed by atoms with Gasteiger partial charge in [-0.25, -0.2) is 0 Å². The van der Waals surface area contributed by atoms with Crippen molar-refractivity contribution in [2.75, 3.05) is 6.61 Å². The van der Waals surface area contributed by atoms with Gasteiger partial charge in [-0.15, -0.1) is 0 Å². The molecule has 0 aliphatic rings. The highest BCUT2D eigenvalue weighted by Gasteiger charge is 2.19. The number of aliphatic hydroxyl groups is 1. The molecule has 0 aliphatic carbocycles. The number of carbonyl (C=O) groups is 1. The van der Waals surface area contributed by atoms with Crippen LogP contribution in [0.5, 0.6) is 0 Å². The molecule has 0 spiro atoms. The van der Waals surface area contributed by atoms with Crippen LogP contribution in [-0.4, -0.2) is 18.0 Å². The van der Waals surface area contributed by atoms with Gasteiger partial charge in [0.1, 0.15) is 6.29 Å². The molecule has 1 unspecified atom stereocenters. The molecule has 2 nitrogen and oxygen atoms in total. The molecule has 0 amide bonds. The zero-order valence-corrected chi connectivity index (χ0v) is 6.76. The Labute approximate surface area is 62.2 Å². The molecule has 0 fully saturated rings. The van der Waals surface area contributed by atoms with Crippen LogP contribution in [0.25, 0.3) is 0 Å². The van der Waals surface area contributed by atoms with Crippen molar-refractivity contribution in [3.8, 4) is 0 Å². The zero-order valence-electron chi connectivity index (χ0n) is 6.76. The third-order valence-electron chi connectivity index (χ3n) is 2.00. The highest BCUT2D eigenvalue weighted by atomic mass is 16.2. The zero-order chi connectivity index (χ0) is 8.04. The van der Waals surface area contributed by atoms with Crippen molar-refractivity contribution in [3.05, 3.63) is 0 Å². The van der Waals surface area contributed by atoms with Gasteiger partial charge in [0, 0.05) is 12.0 Å². The Morgan fingerprint density at radius 1 is 1.60 bits per heavy atom. The lowest BCUT2D eigenvalue weighted by molar-refractivity contribution is -0.116. The van der Waals surface area contributed by atoms with Crippen molar-refractivity contribution in [1.29, 1.82) is 0 Å². The molecule has 0 rings (SSSR count). The van der Waals surface area contributed by atoms with E-state index in [2.05, 4.69) is 0 Å². The number of hydrogen-bond donors (Lipinski definition) is 1. The average Bonchev–Trinajstić information content (AvgIpc) is 2.00. The standard InChI is InChI=1S/C8H16O2/c1-3-8(2,7-10)5-4-6-9/h7,9H,3-6H2,1-2H3. The molecule has 10 heavy (non-hydrogen) atoms. The van der Waals surface area contributed by atoms with Crippen LogP contribution in [0.2, 0.25) is 0 Å². The van der Waals surface area contributed by atoms with E-state index in [-0.39, 0.29) is 12.0 Å². The van der Waals surface area contributed by atoms with E-state index in [0.29, 0.717) is 0 Å². The summed E-state index contributed by atoms with van der Waals surface area (Å²) in [6, 6.07) is 0. The van der Waals surface area contributed by atoms with E-state index in [1.165, 1.54) is 0 Å². The van der Waals surface area contributed by atoms with Gasteiger partial charge in [-0.05, 0) is 19.3 Å². The maximum atomic E-state index is 10.5. The van der Waals surface area contributed by atoms with Crippen molar-refractivity contribution in [1.82, 2.24) is 0 Å². The van der Waals surface area contributed by atoms with Gasteiger partial charge < -0.3 is 9.90 Å². The van der Waals surface area contributed by atoms with Crippen molar-refractivity contribution < 1.29 is 9.90 Å². The molecule has 1 atom stereocenters. The molecule has 0 heterocycles. The van der Waals surface area contributed by atoms with E-state index < -0.39 is 0 Å². The third kappa shape index (κ3) is 2.97. The molecule has 0 bridgehead atoms. The second-order valence-corrected chi connectivity index (χ2v) is 2.95. The summed E-state index contributed by atoms with van der Waals surface area (Å²) in [7, 11) is 0. The van der Waals surface area contributed by atoms with Crippen LogP contribution in [0.3, 0.4) is 0 Å². The summed E-state index contributed by atoms with van der Waals surface area (Å²) in [4.78, 5) is 10.5. The van der Waals surface area contributed by atoms with Gasteiger partial charge in [-0.2, -0.15) is 0 Å². The van der Waals surface area contributed by atoms with E-state index in [1.807, 2.05) is 13.8 Å². The molecule has 60 valence electrons. The number of aliphatic hydroxyl groups excluding tert-OH is 1. The van der Waals surface area contributed by atoms with E-state index in [4.69, 9.17) is 5.11 Å². The summed E-state index contributed by atoms with van der Waals surface area (Å²) in [6.07, 6.45) is 3.37. The molecule has 2 heteroatoms. The molecular weight excluding hydrogens is 128 g/mol. The monoisotopic (exact) mass is 144 g/mol. The molecule has 0 aromatic carbocycles. The molecular formula is C8H16O2. The van der Waals surface area contributed by atoms with Crippen molar-refractivity contribution >= 4 is 6.29 Å². The van der Waals surface area contributed by atoms with E-state index in [1.54, 1.807) is 0 Å². The Balaban J connectivity index is 3.68. The van der Waals surface area contributed by atoms with Crippen LogP contribution in [0.1, 0.15) is 33.1 Å². The summed E-state index contributed by atoms with van der Waals surface area (Å²) in [6.45, 7) is 4.10. The summed E-state index contributed by atoms with van der Waals surface area (Å²) < 4.78 is 0. The highest BCUT2D eigenvalue weighted by Crippen LogP contribution is 2.23.